The van der Waals surface area contributed by atoms with Gasteiger partial charge in [0.1, 0.15) is 0 Å². The summed E-state index contributed by atoms with van der Waals surface area (Å²) in [5.41, 5.74) is 6.60. The SMILES string of the molecule is Nc1nccn1-c1ccc(Cl)cc1Br. The number of aromatic nitrogens is 2. The Morgan fingerprint density at radius 3 is 2.79 bits per heavy atom. The molecule has 1 aromatic heterocycles. The third-order valence-electron chi connectivity index (χ3n) is 1.84. The molecular weight excluding hydrogens is 265 g/mol. The van der Waals surface area contributed by atoms with Crippen molar-refractivity contribution in [1.29, 1.82) is 0 Å². The van der Waals surface area contributed by atoms with Gasteiger partial charge in [-0.25, -0.2) is 4.98 Å². The summed E-state index contributed by atoms with van der Waals surface area (Å²) in [6.07, 6.45) is 3.44. The minimum absolute atomic E-state index is 0.452. The van der Waals surface area contributed by atoms with Gasteiger partial charge in [0.25, 0.3) is 0 Å². The lowest BCUT2D eigenvalue weighted by atomic mass is 10.3. The maximum atomic E-state index is 5.83. The fourth-order valence-corrected chi connectivity index (χ4v) is 2.07. The number of anilines is 1. The first-order valence-corrected chi connectivity index (χ1v) is 5.10. The Bertz CT molecular complexity index is 467. The van der Waals surface area contributed by atoms with Crippen molar-refractivity contribution in [3.63, 3.8) is 0 Å². The lowest BCUT2D eigenvalue weighted by Crippen LogP contribution is -2.00. The van der Waals surface area contributed by atoms with Crippen molar-refractivity contribution >= 4 is 33.5 Å². The summed E-state index contributed by atoms with van der Waals surface area (Å²) >= 11 is 9.25. The van der Waals surface area contributed by atoms with E-state index in [4.69, 9.17) is 17.3 Å². The van der Waals surface area contributed by atoms with Gasteiger partial charge in [0.05, 0.1) is 5.69 Å². The summed E-state index contributed by atoms with van der Waals surface area (Å²) in [5, 5.41) is 0.680. The molecule has 0 fully saturated rings. The molecule has 0 aliphatic rings. The van der Waals surface area contributed by atoms with Crippen molar-refractivity contribution < 1.29 is 0 Å². The van der Waals surface area contributed by atoms with Gasteiger partial charge in [-0.15, -0.1) is 0 Å². The van der Waals surface area contributed by atoms with Crippen LogP contribution >= 0.6 is 27.5 Å². The zero-order chi connectivity index (χ0) is 10.1. The molecule has 1 aromatic carbocycles. The van der Waals surface area contributed by atoms with E-state index in [9.17, 15) is 0 Å². The van der Waals surface area contributed by atoms with Gasteiger partial charge in [-0.1, -0.05) is 11.6 Å². The van der Waals surface area contributed by atoms with Gasteiger partial charge in [0.15, 0.2) is 0 Å². The average Bonchev–Trinajstić information content (AvgIpc) is 2.52. The molecule has 0 spiro atoms. The maximum Gasteiger partial charge on any atom is 0.204 e. The first-order chi connectivity index (χ1) is 6.68. The lowest BCUT2D eigenvalue weighted by molar-refractivity contribution is 1.07. The van der Waals surface area contributed by atoms with Crippen LogP contribution in [0.15, 0.2) is 35.1 Å². The van der Waals surface area contributed by atoms with Gasteiger partial charge in [-0.3, -0.25) is 4.57 Å². The van der Waals surface area contributed by atoms with Gasteiger partial charge < -0.3 is 5.73 Å². The van der Waals surface area contributed by atoms with Gasteiger partial charge >= 0.3 is 0 Å². The van der Waals surface area contributed by atoms with Crippen LogP contribution in [-0.4, -0.2) is 9.55 Å². The second-order valence-corrected chi connectivity index (χ2v) is 4.04. The summed E-state index contributed by atoms with van der Waals surface area (Å²) in [6.45, 7) is 0. The fraction of sp³-hybridized carbons (Fsp3) is 0. The third kappa shape index (κ3) is 1.63. The van der Waals surface area contributed by atoms with Crippen LogP contribution in [0.5, 0.6) is 0 Å². The van der Waals surface area contributed by atoms with E-state index in [1.165, 1.54) is 0 Å². The summed E-state index contributed by atoms with van der Waals surface area (Å²) in [6, 6.07) is 5.50. The zero-order valence-corrected chi connectivity index (χ0v) is 9.46. The number of rotatable bonds is 1. The molecule has 0 aliphatic carbocycles. The molecule has 0 aliphatic heterocycles. The van der Waals surface area contributed by atoms with Crippen LogP contribution in [0.3, 0.4) is 0 Å². The molecule has 1 heterocycles. The number of nitrogens with two attached hydrogens (primary N) is 1. The smallest absolute Gasteiger partial charge is 0.204 e. The molecule has 0 unspecified atom stereocenters. The van der Waals surface area contributed by atoms with Crippen molar-refractivity contribution in [2.75, 3.05) is 5.73 Å². The maximum absolute atomic E-state index is 5.83. The van der Waals surface area contributed by atoms with Crippen molar-refractivity contribution in [3.8, 4) is 5.69 Å². The zero-order valence-electron chi connectivity index (χ0n) is 7.11. The molecule has 3 nitrogen and oxygen atoms in total. The summed E-state index contributed by atoms with van der Waals surface area (Å²) < 4.78 is 2.66. The van der Waals surface area contributed by atoms with Crippen LogP contribution < -0.4 is 5.73 Å². The second-order valence-electron chi connectivity index (χ2n) is 2.75. The molecule has 0 amide bonds. The molecule has 2 aromatic rings. The Kier molecular flexibility index (Phi) is 2.48. The van der Waals surface area contributed by atoms with Crippen molar-refractivity contribution in [2.45, 2.75) is 0 Å². The second kappa shape index (κ2) is 3.63. The minimum Gasteiger partial charge on any atom is -0.369 e. The van der Waals surface area contributed by atoms with Gasteiger partial charge in [0, 0.05) is 21.9 Å². The highest BCUT2D eigenvalue weighted by molar-refractivity contribution is 9.10. The topological polar surface area (TPSA) is 43.8 Å². The van der Waals surface area contributed by atoms with Crippen LogP contribution in [0.2, 0.25) is 5.02 Å². The highest BCUT2D eigenvalue weighted by atomic mass is 79.9. The quantitative estimate of drug-likeness (QED) is 0.867. The first-order valence-electron chi connectivity index (χ1n) is 3.93. The number of nitrogen functional groups attached to an aromatic ring is 1. The average molecular weight is 273 g/mol. The first kappa shape index (κ1) is 9.55. The summed E-state index contributed by atoms with van der Waals surface area (Å²) in [7, 11) is 0. The van der Waals surface area contributed by atoms with Gasteiger partial charge in [-0.05, 0) is 34.1 Å². The van der Waals surface area contributed by atoms with Crippen LogP contribution in [0.1, 0.15) is 0 Å². The van der Waals surface area contributed by atoms with Crippen LogP contribution in [0.25, 0.3) is 5.69 Å². The number of benzene rings is 1. The van der Waals surface area contributed by atoms with Gasteiger partial charge in [0.2, 0.25) is 5.95 Å². The molecular formula is C9H7BrClN3. The Labute approximate surface area is 94.6 Å². The minimum atomic E-state index is 0.452. The molecule has 0 saturated heterocycles. The third-order valence-corrected chi connectivity index (χ3v) is 2.71. The van der Waals surface area contributed by atoms with Crippen LogP contribution in [0.4, 0.5) is 5.95 Å². The lowest BCUT2D eigenvalue weighted by Gasteiger charge is -2.06. The monoisotopic (exact) mass is 271 g/mol. The Morgan fingerprint density at radius 1 is 1.43 bits per heavy atom. The van der Waals surface area contributed by atoms with E-state index in [1.807, 2.05) is 12.1 Å². The van der Waals surface area contributed by atoms with E-state index in [-0.39, 0.29) is 0 Å². The van der Waals surface area contributed by atoms with Crippen molar-refractivity contribution in [3.05, 3.63) is 40.1 Å². The number of hydrogen-bond acceptors (Lipinski definition) is 2. The summed E-state index contributed by atoms with van der Waals surface area (Å²) in [4.78, 5) is 3.94. The summed E-state index contributed by atoms with van der Waals surface area (Å²) in [5.74, 6) is 0.452. The molecule has 2 rings (SSSR count). The van der Waals surface area contributed by atoms with E-state index < -0.39 is 0 Å². The molecule has 0 saturated carbocycles. The number of imidazole rings is 1. The highest BCUT2D eigenvalue weighted by Crippen LogP contribution is 2.25. The number of hydrogen-bond donors (Lipinski definition) is 1. The Hall–Kier alpha value is -1.000. The highest BCUT2D eigenvalue weighted by Gasteiger charge is 2.05. The predicted molar refractivity (Wildman–Crippen MR) is 60.7 cm³/mol. The Balaban J connectivity index is 2.58. The van der Waals surface area contributed by atoms with E-state index >= 15 is 0 Å². The van der Waals surface area contributed by atoms with E-state index in [0.717, 1.165) is 10.2 Å². The molecule has 2 N–H and O–H groups in total. The standard InChI is InChI=1S/C9H7BrClN3/c10-7-5-6(11)1-2-8(7)14-4-3-13-9(14)12/h1-5H,(H2,12,13). The predicted octanol–water partition coefficient (Wildman–Crippen LogP) is 2.87. The molecule has 0 radical (unpaired) electrons. The van der Waals surface area contributed by atoms with E-state index in [0.29, 0.717) is 11.0 Å². The van der Waals surface area contributed by atoms with Crippen molar-refractivity contribution in [1.82, 2.24) is 9.55 Å². The molecule has 72 valence electrons. The molecule has 5 heteroatoms. The largest absolute Gasteiger partial charge is 0.369 e. The van der Waals surface area contributed by atoms with Crippen LogP contribution in [0, 0.1) is 0 Å². The fourth-order valence-electron chi connectivity index (χ4n) is 1.20. The molecule has 14 heavy (non-hydrogen) atoms. The normalized spacial score (nSPS) is 10.4. The van der Waals surface area contributed by atoms with E-state index in [2.05, 4.69) is 20.9 Å². The number of halogens is 2. The van der Waals surface area contributed by atoms with E-state index in [1.54, 1.807) is 23.0 Å². The van der Waals surface area contributed by atoms with Crippen LogP contribution in [-0.2, 0) is 0 Å². The molecule has 0 bridgehead atoms. The molecule has 0 atom stereocenters. The van der Waals surface area contributed by atoms with Crippen molar-refractivity contribution in [2.24, 2.45) is 0 Å². The number of nitrogens with zero attached hydrogens (tertiary/aromatic N) is 2. The van der Waals surface area contributed by atoms with Gasteiger partial charge in [-0.2, -0.15) is 0 Å². The Morgan fingerprint density at radius 2 is 2.21 bits per heavy atom.